The van der Waals surface area contributed by atoms with Crippen LogP contribution in [-0.4, -0.2) is 48.8 Å². The molecule has 146 valence electrons. The molecule has 1 unspecified atom stereocenters. The summed E-state index contributed by atoms with van der Waals surface area (Å²) in [5, 5.41) is 18.9. The Balaban J connectivity index is 1.44. The maximum atomic E-state index is 12.7. The fraction of sp³-hybridized carbons (Fsp3) is 0.421. The molecule has 0 bridgehead atoms. The van der Waals surface area contributed by atoms with Crippen LogP contribution in [0.2, 0.25) is 0 Å². The minimum atomic E-state index is -0.203. The first-order chi connectivity index (χ1) is 13.6. The van der Waals surface area contributed by atoms with Gasteiger partial charge in [0.1, 0.15) is 12.7 Å². The van der Waals surface area contributed by atoms with E-state index in [1.807, 2.05) is 42.8 Å². The fourth-order valence-corrected chi connectivity index (χ4v) is 3.55. The van der Waals surface area contributed by atoms with Crippen molar-refractivity contribution in [2.45, 2.75) is 38.8 Å². The predicted molar refractivity (Wildman–Crippen MR) is 103 cm³/mol. The Labute approximate surface area is 163 Å². The molecule has 2 aromatic heterocycles. The van der Waals surface area contributed by atoms with Gasteiger partial charge >= 0.3 is 0 Å². The van der Waals surface area contributed by atoms with Crippen molar-refractivity contribution in [1.82, 2.24) is 40.4 Å². The van der Waals surface area contributed by atoms with E-state index in [-0.39, 0.29) is 11.9 Å². The van der Waals surface area contributed by atoms with Crippen LogP contribution in [-0.2, 0) is 0 Å². The summed E-state index contributed by atoms with van der Waals surface area (Å²) in [6.07, 6.45) is 5.14. The van der Waals surface area contributed by atoms with Crippen molar-refractivity contribution in [2.24, 2.45) is 0 Å². The van der Waals surface area contributed by atoms with Crippen LogP contribution in [0.1, 0.15) is 53.6 Å². The number of carbonyl (C=O) groups excluding carboxylic acids is 1. The van der Waals surface area contributed by atoms with Gasteiger partial charge in [-0.3, -0.25) is 4.79 Å². The van der Waals surface area contributed by atoms with Crippen molar-refractivity contribution in [3.63, 3.8) is 0 Å². The Bertz CT molecular complexity index is 926. The van der Waals surface area contributed by atoms with Gasteiger partial charge in [-0.05, 0) is 57.5 Å². The van der Waals surface area contributed by atoms with Crippen molar-refractivity contribution >= 4 is 5.91 Å². The van der Waals surface area contributed by atoms with Crippen LogP contribution in [0.3, 0.4) is 0 Å². The summed E-state index contributed by atoms with van der Waals surface area (Å²) in [5.74, 6) is -0.203. The minimum absolute atomic E-state index is 0.152. The molecule has 1 fully saturated rings. The maximum absolute atomic E-state index is 12.7. The summed E-state index contributed by atoms with van der Waals surface area (Å²) < 4.78 is 3.59. The van der Waals surface area contributed by atoms with Crippen molar-refractivity contribution in [2.75, 3.05) is 13.1 Å². The van der Waals surface area contributed by atoms with Crippen LogP contribution in [0.5, 0.6) is 0 Å². The standard InChI is InChI=1S/C19H24N8O/c1-13(15-3-5-16(6-4-15)26-12-21-11-22-26)23-19(28)18-14(2)27(25-24-18)17-7-9-20-10-8-17/h3-6,11-13,17,20H,7-10H2,1-2H3,(H,23,28). The zero-order valence-corrected chi connectivity index (χ0v) is 16.0. The van der Waals surface area contributed by atoms with Gasteiger partial charge in [0.25, 0.3) is 5.91 Å². The van der Waals surface area contributed by atoms with Gasteiger partial charge in [-0.25, -0.2) is 14.3 Å². The second kappa shape index (κ2) is 7.89. The van der Waals surface area contributed by atoms with Gasteiger partial charge in [0.15, 0.2) is 5.69 Å². The average Bonchev–Trinajstić information content (AvgIpc) is 3.39. The van der Waals surface area contributed by atoms with Gasteiger partial charge in [-0.15, -0.1) is 5.10 Å². The molecule has 1 atom stereocenters. The maximum Gasteiger partial charge on any atom is 0.274 e. The van der Waals surface area contributed by atoms with Crippen molar-refractivity contribution in [3.8, 4) is 5.69 Å². The SMILES string of the molecule is Cc1c(C(=O)NC(C)c2ccc(-n3cncn3)cc2)nnn1C1CCNCC1. The number of nitrogens with zero attached hydrogens (tertiary/aromatic N) is 6. The zero-order chi connectivity index (χ0) is 19.5. The third kappa shape index (κ3) is 3.65. The van der Waals surface area contributed by atoms with E-state index in [4.69, 9.17) is 0 Å². The van der Waals surface area contributed by atoms with Gasteiger partial charge in [0.2, 0.25) is 0 Å². The first kappa shape index (κ1) is 18.3. The number of aromatic nitrogens is 6. The van der Waals surface area contributed by atoms with E-state index < -0.39 is 0 Å². The molecule has 1 aliphatic rings. The number of hydrogen-bond donors (Lipinski definition) is 2. The molecule has 1 amide bonds. The van der Waals surface area contributed by atoms with Crippen LogP contribution in [0.4, 0.5) is 0 Å². The number of rotatable bonds is 5. The van der Waals surface area contributed by atoms with Crippen LogP contribution in [0.15, 0.2) is 36.9 Å². The molecule has 0 spiro atoms. The summed E-state index contributed by atoms with van der Waals surface area (Å²) in [6, 6.07) is 8.00. The van der Waals surface area contributed by atoms with Crippen molar-refractivity contribution in [1.29, 1.82) is 0 Å². The third-order valence-electron chi connectivity index (χ3n) is 5.22. The molecule has 0 radical (unpaired) electrons. The lowest BCUT2D eigenvalue weighted by atomic mass is 10.1. The van der Waals surface area contributed by atoms with Gasteiger partial charge < -0.3 is 10.6 Å². The lowest BCUT2D eigenvalue weighted by Crippen LogP contribution is -2.31. The fourth-order valence-electron chi connectivity index (χ4n) is 3.55. The highest BCUT2D eigenvalue weighted by atomic mass is 16.2. The Hall–Kier alpha value is -3.07. The van der Waals surface area contributed by atoms with Crippen molar-refractivity contribution < 1.29 is 4.79 Å². The predicted octanol–water partition coefficient (Wildman–Crippen LogP) is 1.58. The van der Waals surface area contributed by atoms with E-state index in [9.17, 15) is 4.79 Å². The molecule has 2 N–H and O–H groups in total. The first-order valence-corrected chi connectivity index (χ1v) is 9.52. The van der Waals surface area contributed by atoms with Crippen LogP contribution < -0.4 is 10.6 Å². The summed E-state index contributed by atoms with van der Waals surface area (Å²) in [5.41, 5.74) is 3.13. The van der Waals surface area contributed by atoms with E-state index in [2.05, 4.69) is 31.0 Å². The molecule has 0 saturated carbocycles. The molecule has 0 aliphatic carbocycles. The lowest BCUT2D eigenvalue weighted by Gasteiger charge is -2.23. The summed E-state index contributed by atoms with van der Waals surface area (Å²) in [6.45, 7) is 5.80. The van der Waals surface area contributed by atoms with Gasteiger partial charge in [-0.1, -0.05) is 17.3 Å². The molecule has 1 saturated heterocycles. The number of nitrogens with one attached hydrogen (secondary N) is 2. The molecule has 28 heavy (non-hydrogen) atoms. The van der Waals surface area contributed by atoms with Gasteiger partial charge in [0, 0.05) is 0 Å². The van der Waals surface area contributed by atoms with E-state index in [1.165, 1.54) is 6.33 Å². The highest BCUT2D eigenvalue weighted by molar-refractivity contribution is 5.93. The van der Waals surface area contributed by atoms with E-state index in [0.29, 0.717) is 11.7 Å². The highest BCUT2D eigenvalue weighted by Gasteiger charge is 2.23. The largest absolute Gasteiger partial charge is 0.344 e. The number of piperidine rings is 1. The quantitative estimate of drug-likeness (QED) is 0.697. The smallest absolute Gasteiger partial charge is 0.274 e. The normalized spacial score (nSPS) is 16.1. The first-order valence-electron chi connectivity index (χ1n) is 9.52. The van der Waals surface area contributed by atoms with Crippen LogP contribution in [0, 0.1) is 6.92 Å². The number of carbonyl (C=O) groups is 1. The third-order valence-corrected chi connectivity index (χ3v) is 5.22. The number of amides is 1. The molecule has 1 aromatic carbocycles. The summed E-state index contributed by atoms with van der Waals surface area (Å²) in [4.78, 5) is 16.7. The van der Waals surface area contributed by atoms with Crippen LogP contribution >= 0.6 is 0 Å². The minimum Gasteiger partial charge on any atom is -0.344 e. The molecule has 4 rings (SSSR count). The topological polar surface area (TPSA) is 103 Å². The second-order valence-corrected chi connectivity index (χ2v) is 7.08. The van der Waals surface area contributed by atoms with E-state index in [0.717, 1.165) is 42.9 Å². The molecule has 3 heterocycles. The number of benzene rings is 1. The van der Waals surface area contributed by atoms with Crippen molar-refractivity contribution in [3.05, 3.63) is 53.9 Å². The van der Waals surface area contributed by atoms with Gasteiger partial charge in [0.05, 0.1) is 23.5 Å². The zero-order valence-electron chi connectivity index (χ0n) is 16.0. The Morgan fingerprint density at radius 1 is 1.25 bits per heavy atom. The number of hydrogen-bond acceptors (Lipinski definition) is 6. The summed E-state index contributed by atoms with van der Waals surface area (Å²) in [7, 11) is 0. The van der Waals surface area contributed by atoms with E-state index in [1.54, 1.807) is 11.0 Å². The Morgan fingerprint density at radius 2 is 2.00 bits per heavy atom. The molecule has 3 aromatic rings. The monoisotopic (exact) mass is 380 g/mol. The lowest BCUT2D eigenvalue weighted by molar-refractivity contribution is 0.0934. The Kier molecular flexibility index (Phi) is 5.16. The van der Waals surface area contributed by atoms with E-state index >= 15 is 0 Å². The van der Waals surface area contributed by atoms with Crippen LogP contribution in [0.25, 0.3) is 5.69 Å². The molecule has 9 heteroatoms. The van der Waals surface area contributed by atoms with Gasteiger partial charge in [-0.2, -0.15) is 5.10 Å². The summed E-state index contributed by atoms with van der Waals surface area (Å²) >= 11 is 0. The average molecular weight is 380 g/mol. The molecular formula is C19H24N8O. The molecule has 9 nitrogen and oxygen atoms in total. The highest BCUT2D eigenvalue weighted by Crippen LogP contribution is 2.21. The second-order valence-electron chi connectivity index (χ2n) is 7.08. The molecular weight excluding hydrogens is 356 g/mol. The molecule has 1 aliphatic heterocycles. The Morgan fingerprint density at radius 3 is 2.68 bits per heavy atom.